The minimum atomic E-state index is -0.389. The lowest BCUT2D eigenvalue weighted by atomic mass is 10.1. The number of hydrogen-bond acceptors (Lipinski definition) is 1. The van der Waals surface area contributed by atoms with Crippen molar-refractivity contribution in [2.75, 3.05) is 11.9 Å². The average molecular weight is 250 g/mol. The van der Waals surface area contributed by atoms with Crippen LogP contribution in [0.1, 0.15) is 5.56 Å². The molecule has 0 aromatic heterocycles. The molecule has 0 aliphatic rings. The Morgan fingerprint density at radius 2 is 1.82 bits per heavy atom. The van der Waals surface area contributed by atoms with Gasteiger partial charge in [0.05, 0.1) is 5.02 Å². The van der Waals surface area contributed by atoms with E-state index in [4.69, 9.17) is 11.6 Å². The van der Waals surface area contributed by atoms with E-state index in [9.17, 15) is 4.39 Å². The molecule has 0 heterocycles. The van der Waals surface area contributed by atoms with Gasteiger partial charge in [0.15, 0.2) is 0 Å². The molecular weight excluding hydrogens is 237 g/mol. The highest BCUT2D eigenvalue weighted by Gasteiger charge is 2.00. The second-order valence-electron chi connectivity index (χ2n) is 3.79. The summed E-state index contributed by atoms with van der Waals surface area (Å²) in [7, 11) is 0. The van der Waals surface area contributed by atoms with E-state index in [0.717, 1.165) is 18.7 Å². The summed E-state index contributed by atoms with van der Waals surface area (Å²) in [5, 5.41) is 3.36. The zero-order valence-electron chi connectivity index (χ0n) is 9.29. The normalized spacial score (nSPS) is 10.2. The van der Waals surface area contributed by atoms with Gasteiger partial charge in [-0.2, -0.15) is 0 Å². The SMILES string of the molecule is Fc1ccc(NCCc2ccccc2)cc1Cl. The number of benzene rings is 2. The van der Waals surface area contributed by atoms with Gasteiger partial charge in [0.25, 0.3) is 0 Å². The molecule has 2 aromatic rings. The van der Waals surface area contributed by atoms with E-state index in [1.165, 1.54) is 11.6 Å². The van der Waals surface area contributed by atoms with E-state index >= 15 is 0 Å². The second kappa shape index (κ2) is 5.69. The van der Waals surface area contributed by atoms with Crippen LogP contribution in [0.25, 0.3) is 0 Å². The lowest BCUT2D eigenvalue weighted by molar-refractivity contribution is 0.628. The predicted molar refractivity (Wildman–Crippen MR) is 70.0 cm³/mol. The molecule has 0 saturated heterocycles. The minimum absolute atomic E-state index is 0.148. The summed E-state index contributed by atoms with van der Waals surface area (Å²) in [6.45, 7) is 0.798. The van der Waals surface area contributed by atoms with Crippen LogP contribution in [-0.4, -0.2) is 6.54 Å². The van der Waals surface area contributed by atoms with Crippen molar-refractivity contribution < 1.29 is 4.39 Å². The lowest BCUT2D eigenvalue weighted by Gasteiger charge is -2.07. The van der Waals surface area contributed by atoms with Gasteiger partial charge in [-0.05, 0) is 30.2 Å². The van der Waals surface area contributed by atoms with Crippen molar-refractivity contribution in [1.82, 2.24) is 0 Å². The van der Waals surface area contributed by atoms with E-state index in [2.05, 4.69) is 17.4 Å². The zero-order chi connectivity index (χ0) is 12.1. The van der Waals surface area contributed by atoms with Crippen LogP contribution in [0, 0.1) is 5.82 Å². The Morgan fingerprint density at radius 1 is 1.06 bits per heavy atom. The number of anilines is 1. The van der Waals surface area contributed by atoms with Crippen molar-refractivity contribution >= 4 is 17.3 Å². The molecule has 0 fully saturated rings. The smallest absolute Gasteiger partial charge is 0.141 e. The standard InChI is InChI=1S/C14H13ClFN/c15-13-10-12(6-7-14(13)16)17-9-8-11-4-2-1-3-5-11/h1-7,10,17H,8-9H2. The van der Waals surface area contributed by atoms with Gasteiger partial charge < -0.3 is 5.32 Å². The summed E-state index contributed by atoms with van der Waals surface area (Å²) in [5.74, 6) is -0.389. The highest BCUT2D eigenvalue weighted by molar-refractivity contribution is 6.31. The van der Waals surface area contributed by atoms with Gasteiger partial charge in [-0.1, -0.05) is 41.9 Å². The Balaban J connectivity index is 1.88. The molecule has 0 aliphatic heterocycles. The van der Waals surface area contributed by atoms with E-state index in [1.54, 1.807) is 12.1 Å². The molecule has 2 aromatic carbocycles. The summed E-state index contributed by atoms with van der Waals surface area (Å²) in [6, 6.07) is 14.9. The first-order valence-corrected chi connectivity index (χ1v) is 5.86. The fourth-order valence-corrected chi connectivity index (χ4v) is 1.78. The van der Waals surface area contributed by atoms with Gasteiger partial charge in [-0.15, -0.1) is 0 Å². The quantitative estimate of drug-likeness (QED) is 0.859. The highest BCUT2D eigenvalue weighted by atomic mass is 35.5. The van der Waals surface area contributed by atoms with Gasteiger partial charge >= 0.3 is 0 Å². The van der Waals surface area contributed by atoms with Gasteiger partial charge in [0.1, 0.15) is 5.82 Å². The highest BCUT2D eigenvalue weighted by Crippen LogP contribution is 2.19. The van der Waals surface area contributed by atoms with E-state index in [1.807, 2.05) is 18.2 Å². The molecule has 0 atom stereocenters. The largest absolute Gasteiger partial charge is 0.385 e. The second-order valence-corrected chi connectivity index (χ2v) is 4.20. The molecule has 17 heavy (non-hydrogen) atoms. The summed E-state index contributed by atoms with van der Waals surface area (Å²) in [6.07, 6.45) is 0.926. The summed E-state index contributed by atoms with van der Waals surface area (Å²) < 4.78 is 12.9. The number of hydrogen-bond donors (Lipinski definition) is 1. The van der Waals surface area contributed by atoms with Crippen molar-refractivity contribution in [3.05, 3.63) is 64.9 Å². The average Bonchev–Trinajstić information content (AvgIpc) is 2.35. The Morgan fingerprint density at radius 3 is 2.53 bits per heavy atom. The van der Waals surface area contributed by atoms with Crippen molar-refractivity contribution in [3.63, 3.8) is 0 Å². The van der Waals surface area contributed by atoms with Gasteiger partial charge in [0.2, 0.25) is 0 Å². The third-order valence-electron chi connectivity index (χ3n) is 2.51. The fraction of sp³-hybridized carbons (Fsp3) is 0.143. The molecule has 3 heteroatoms. The third-order valence-corrected chi connectivity index (χ3v) is 2.79. The maximum absolute atomic E-state index is 12.9. The number of rotatable bonds is 4. The topological polar surface area (TPSA) is 12.0 Å². The maximum atomic E-state index is 12.9. The predicted octanol–water partition coefficient (Wildman–Crippen LogP) is 4.13. The zero-order valence-corrected chi connectivity index (χ0v) is 10.0. The summed E-state index contributed by atoms with van der Waals surface area (Å²) in [5.41, 5.74) is 2.11. The van der Waals surface area contributed by atoms with E-state index in [0.29, 0.717) is 0 Å². The molecule has 0 saturated carbocycles. The van der Waals surface area contributed by atoms with E-state index < -0.39 is 0 Å². The number of nitrogens with one attached hydrogen (secondary N) is 1. The van der Waals surface area contributed by atoms with E-state index in [-0.39, 0.29) is 10.8 Å². The molecule has 1 nitrogen and oxygen atoms in total. The van der Waals surface area contributed by atoms with Crippen LogP contribution in [0.5, 0.6) is 0 Å². The van der Waals surface area contributed by atoms with Crippen LogP contribution < -0.4 is 5.32 Å². The molecule has 0 unspecified atom stereocenters. The molecule has 0 amide bonds. The molecule has 2 rings (SSSR count). The third kappa shape index (κ3) is 3.46. The van der Waals surface area contributed by atoms with Gasteiger partial charge in [-0.3, -0.25) is 0 Å². The van der Waals surface area contributed by atoms with Crippen molar-refractivity contribution in [2.45, 2.75) is 6.42 Å². The first-order valence-electron chi connectivity index (χ1n) is 5.48. The first-order chi connectivity index (χ1) is 8.25. The molecule has 0 spiro atoms. The van der Waals surface area contributed by atoms with Crippen LogP contribution in [0.4, 0.5) is 10.1 Å². The van der Waals surface area contributed by atoms with Crippen molar-refractivity contribution in [3.8, 4) is 0 Å². The van der Waals surface area contributed by atoms with Crippen LogP contribution >= 0.6 is 11.6 Å². The molecule has 0 bridgehead atoms. The molecule has 0 radical (unpaired) electrons. The Kier molecular flexibility index (Phi) is 3.99. The summed E-state index contributed by atoms with van der Waals surface area (Å²) in [4.78, 5) is 0. The molecule has 1 N–H and O–H groups in total. The van der Waals surface area contributed by atoms with Crippen molar-refractivity contribution in [1.29, 1.82) is 0 Å². The lowest BCUT2D eigenvalue weighted by Crippen LogP contribution is -2.04. The van der Waals surface area contributed by atoms with Gasteiger partial charge in [0, 0.05) is 12.2 Å². The van der Waals surface area contributed by atoms with Gasteiger partial charge in [-0.25, -0.2) is 4.39 Å². The maximum Gasteiger partial charge on any atom is 0.141 e. The van der Waals surface area contributed by atoms with Crippen LogP contribution in [0.3, 0.4) is 0 Å². The summed E-state index contributed by atoms with van der Waals surface area (Å²) >= 11 is 5.69. The minimum Gasteiger partial charge on any atom is -0.385 e. The molecule has 88 valence electrons. The van der Waals surface area contributed by atoms with Crippen molar-refractivity contribution in [2.24, 2.45) is 0 Å². The van der Waals surface area contributed by atoms with Crippen LogP contribution in [0.15, 0.2) is 48.5 Å². The molecular formula is C14H13ClFN. The van der Waals surface area contributed by atoms with Crippen LogP contribution in [0.2, 0.25) is 5.02 Å². The molecule has 0 aliphatic carbocycles. The monoisotopic (exact) mass is 249 g/mol. The van der Waals surface area contributed by atoms with Crippen LogP contribution in [-0.2, 0) is 6.42 Å². The Labute approximate surface area is 105 Å². The fourth-order valence-electron chi connectivity index (χ4n) is 1.60. The first kappa shape index (κ1) is 11.9. The Bertz CT molecular complexity index is 485. The Hall–Kier alpha value is -1.54. The number of halogens is 2.